The van der Waals surface area contributed by atoms with Gasteiger partial charge in [0.2, 0.25) is 5.91 Å². The molecule has 0 unspecified atom stereocenters. The number of hydrogen-bond acceptors (Lipinski definition) is 5. The number of carbonyl (C=O) groups excluding carboxylic acids is 2. The Bertz CT molecular complexity index is 846. The summed E-state index contributed by atoms with van der Waals surface area (Å²) in [5.41, 5.74) is -2.08. The van der Waals surface area contributed by atoms with Crippen molar-refractivity contribution in [3.63, 3.8) is 0 Å². The average Bonchev–Trinajstić information content (AvgIpc) is 3.07. The van der Waals surface area contributed by atoms with Gasteiger partial charge in [-0.15, -0.1) is 0 Å². The fourth-order valence-corrected chi connectivity index (χ4v) is 2.94. The molecule has 3 amide bonds. The van der Waals surface area contributed by atoms with Crippen LogP contribution in [0.25, 0.3) is 0 Å². The molecular weight excluding hydrogens is 462 g/mol. The molecular formula is C19H24F6N4O4. The molecule has 1 fully saturated rings. The zero-order valence-electron chi connectivity index (χ0n) is 18.0. The van der Waals surface area contributed by atoms with Crippen molar-refractivity contribution in [2.24, 2.45) is 0 Å². The highest BCUT2D eigenvalue weighted by atomic mass is 19.4. The quantitative estimate of drug-likeness (QED) is 0.522. The van der Waals surface area contributed by atoms with Crippen molar-refractivity contribution >= 4 is 17.8 Å². The molecule has 2 rings (SSSR count). The summed E-state index contributed by atoms with van der Waals surface area (Å²) in [6.45, 7) is 0.410. The maximum Gasteiger partial charge on any atom is 0.416 e. The lowest BCUT2D eigenvalue weighted by Crippen LogP contribution is -2.42. The van der Waals surface area contributed by atoms with Crippen molar-refractivity contribution in [3.8, 4) is 0 Å². The number of urea groups is 1. The predicted octanol–water partition coefficient (Wildman–Crippen LogP) is 3.41. The van der Waals surface area contributed by atoms with E-state index < -0.39 is 61.5 Å². The first kappa shape index (κ1) is 26.6. The highest BCUT2D eigenvalue weighted by Gasteiger charge is 2.49. The van der Waals surface area contributed by atoms with E-state index in [1.807, 2.05) is 5.32 Å². The fraction of sp³-hybridized carbons (Fsp3) is 0.632. The normalized spacial score (nSPS) is 18.3. The Morgan fingerprint density at radius 2 is 1.97 bits per heavy atom. The number of pyridine rings is 1. The number of methoxy groups -OCH3 is 1. The van der Waals surface area contributed by atoms with Crippen molar-refractivity contribution in [1.82, 2.24) is 15.2 Å². The highest BCUT2D eigenvalue weighted by molar-refractivity contribution is 5.89. The van der Waals surface area contributed by atoms with Gasteiger partial charge in [-0.3, -0.25) is 4.79 Å². The zero-order valence-corrected chi connectivity index (χ0v) is 18.0. The Morgan fingerprint density at radius 3 is 2.52 bits per heavy atom. The van der Waals surface area contributed by atoms with Gasteiger partial charge in [0, 0.05) is 13.3 Å². The SMILES string of the molecule is COC[C@H](c1ccnc(NC(=O)CCOC(C)(C)C(F)(F)F)c1)N1C[C@@H](C(F)(F)F)NC1=O. The van der Waals surface area contributed by atoms with Crippen LogP contribution >= 0.6 is 0 Å². The lowest BCUT2D eigenvalue weighted by molar-refractivity contribution is -0.263. The van der Waals surface area contributed by atoms with Crippen LogP contribution in [0.5, 0.6) is 0 Å². The smallest absolute Gasteiger partial charge is 0.382 e. The molecule has 14 heteroatoms. The summed E-state index contributed by atoms with van der Waals surface area (Å²) < 4.78 is 87.2. The summed E-state index contributed by atoms with van der Waals surface area (Å²) in [6.07, 6.45) is -8.36. The summed E-state index contributed by atoms with van der Waals surface area (Å²) >= 11 is 0. The van der Waals surface area contributed by atoms with Crippen LogP contribution in [0.4, 0.5) is 37.0 Å². The predicted molar refractivity (Wildman–Crippen MR) is 103 cm³/mol. The van der Waals surface area contributed by atoms with Crippen LogP contribution in [0.3, 0.4) is 0 Å². The lowest BCUT2D eigenvalue weighted by atomic mass is 10.1. The van der Waals surface area contributed by atoms with Crippen LogP contribution in [-0.2, 0) is 14.3 Å². The van der Waals surface area contributed by atoms with E-state index in [0.717, 1.165) is 18.7 Å². The number of nitrogens with zero attached hydrogens (tertiary/aromatic N) is 2. The summed E-state index contributed by atoms with van der Waals surface area (Å²) in [5, 5.41) is 4.26. The van der Waals surface area contributed by atoms with Gasteiger partial charge in [-0.25, -0.2) is 9.78 Å². The highest BCUT2D eigenvalue weighted by Crippen LogP contribution is 2.33. The number of alkyl halides is 6. The van der Waals surface area contributed by atoms with Crippen molar-refractivity contribution < 1.29 is 45.4 Å². The van der Waals surface area contributed by atoms with E-state index in [2.05, 4.69) is 10.3 Å². The Hall–Kier alpha value is -2.61. The molecule has 1 aliphatic rings. The minimum atomic E-state index is -4.62. The number of hydrogen-bond donors (Lipinski definition) is 2. The molecule has 8 nitrogen and oxygen atoms in total. The molecule has 0 saturated carbocycles. The Labute approximate surface area is 185 Å². The molecule has 0 bridgehead atoms. The number of ether oxygens (including phenoxy) is 2. The van der Waals surface area contributed by atoms with Crippen molar-refractivity contribution in [3.05, 3.63) is 23.9 Å². The first-order chi connectivity index (χ1) is 15.2. The molecule has 0 aromatic carbocycles. The Balaban J connectivity index is 2.06. The van der Waals surface area contributed by atoms with E-state index >= 15 is 0 Å². The number of nitrogens with one attached hydrogen (secondary N) is 2. The zero-order chi connectivity index (χ0) is 25.0. The minimum absolute atomic E-state index is 0.000612. The first-order valence-electron chi connectivity index (χ1n) is 9.75. The number of halogens is 6. The molecule has 2 N–H and O–H groups in total. The van der Waals surface area contributed by atoms with Crippen LogP contribution in [-0.4, -0.2) is 72.7 Å². The van der Waals surface area contributed by atoms with Crippen LogP contribution in [0, 0.1) is 0 Å². The van der Waals surface area contributed by atoms with Gasteiger partial charge in [-0.05, 0) is 31.5 Å². The topological polar surface area (TPSA) is 92.8 Å². The number of amides is 3. The second kappa shape index (κ2) is 10.1. The number of aromatic nitrogens is 1. The molecule has 1 aromatic heterocycles. The molecule has 0 spiro atoms. The van der Waals surface area contributed by atoms with Gasteiger partial charge >= 0.3 is 18.4 Å². The largest absolute Gasteiger partial charge is 0.416 e. The number of rotatable bonds is 9. The molecule has 2 atom stereocenters. The number of anilines is 1. The molecule has 33 heavy (non-hydrogen) atoms. The standard InChI is InChI=1S/C19H24F6N4O4/c1-17(2,19(23,24)25)33-7-5-15(30)28-14-8-11(4-6-26-14)12(10-32-3)29-9-13(18(20,21)22)27-16(29)31/h4,6,8,12-13H,5,7,9-10H2,1-3H3,(H,27,31)(H,26,28,30)/t12-,13+/m1/s1. The van der Waals surface area contributed by atoms with E-state index in [0.29, 0.717) is 5.56 Å². The summed E-state index contributed by atoms with van der Waals surface area (Å²) in [7, 11) is 1.31. The van der Waals surface area contributed by atoms with Crippen LogP contribution in [0.1, 0.15) is 31.9 Å². The van der Waals surface area contributed by atoms with Gasteiger partial charge < -0.3 is 25.0 Å². The summed E-state index contributed by atoms with van der Waals surface area (Å²) in [5.74, 6) is -0.683. The van der Waals surface area contributed by atoms with Crippen molar-refractivity contribution in [2.75, 3.05) is 32.2 Å². The fourth-order valence-electron chi connectivity index (χ4n) is 2.94. The first-order valence-corrected chi connectivity index (χ1v) is 9.75. The molecule has 2 heterocycles. The second-order valence-electron chi connectivity index (χ2n) is 7.80. The van der Waals surface area contributed by atoms with Crippen molar-refractivity contribution in [1.29, 1.82) is 0 Å². The van der Waals surface area contributed by atoms with Gasteiger partial charge in [0.1, 0.15) is 11.9 Å². The van der Waals surface area contributed by atoms with Gasteiger partial charge in [0.25, 0.3) is 0 Å². The van der Waals surface area contributed by atoms with Crippen LogP contribution in [0.2, 0.25) is 0 Å². The van der Waals surface area contributed by atoms with E-state index in [1.165, 1.54) is 25.4 Å². The third-order valence-electron chi connectivity index (χ3n) is 4.94. The Morgan fingerprint density at radius 1 is 1.30 bits per heavy atom. The number of carbonyl (C=O) groups is 2. The third kappa shape index (κ3) is 6.93. The van der Waals surface area contributed by atoms with Gasteiger partial charge in [-0.2, -0.15) is 26.3 Å². The maximum atomic E-state index is 13.0. The van der Waals surface area contributed by atoms with E-state index in [9.17, 15) is 35.9 Å². The van der Waals surface area contributed by atoms with Crippen LogP contribution in [0.15, 0.2) is 18.3 Å². The van der Waals surface area contributed by atoms with Crippen LogP contribution < -0.4 is 10.6 Å². The van der Waals surface area contributed by atoms with E-state index in [4.69, 9.17) is 9.47 Å². The lowest BCUT2D eigenvalue weighted by Gasteiger charge is -2.28. The molecule has 1 aromatic rings. The molecule has 1 saturated heterocycles. The van der Waals surface area contributed by atoms with Gasteiger partial charge in [0.15, 0.2) is 5.60 Å². The minimum Gasteiger partial charge on any atom is -0.382 e. The van der Waals surface area contributed by atoms with Crippen molar-refractivity contribution in [2.45, 2.75) is 50.3 Å². The van der Waals surface area contributed by atoms with Gasteiger partial charge in [0.05, 0.1) is 32.2 Å². The van der Waals surface area contributed by atoms with Gasteiger partial charge in [-0.1, -0.05) is 0 Å². The second-order valence-corrected chi connectivity index (χ2v) is 7.80. The Kier molecular flexibility index (Phi) is 8.17. The molecule has 186 valence electrons. The third-order valence-corrected chi connectivity index (χ3v) is 4.94. The monoisotopic (exact) mass is 486 g/mol. The molecule has 0 radical (unpaired) electrons. The maximum absolute atomic E-state index is 13.0. The van der Waals surface area contributed by atoms with E-state index in [1.54, 1.807) is 0 Å². The average molecular weight is 486 g/mol. The molecule has 0 aliphatic carbocycles. The summed E-state index contributed by atoms with van der Waals surface area (Å²) in [4.78, 5) is 29.1. The molecule has 1 aliphatic heterocycles. The van der Waals surface area contributed by atoms with E-state index in [-0.39, 0.29) is 12.4 Å². The summed E-state index contributed by atoms with van der Waals surface area (Å²) in [6, 6.07) is -1.08.